The Morgan fingerprint density at radius 1 is 0.964 bits per heavy atom. The largest absolute Gasteiger partial charge is 0.366 e. The lowest BCUT2D eigenvalue weighted by atomic mass is 10.1. The Hall–Kier alpha value is -3.43. The molecule has 5 N–H and O–H groups in total. The Morgan fingerprint density at radius 2 is 1.68 bits per heavy atom. The van der Waals surface area contributed by atoms with Crippen LogP contribution in [0.5, 0.6) is 0 Å². The minimum Gasteiger partial charge on any atom is -0.366 e. The molecular formula is C18H14ClN5O3S. The standard InChI is InChI=1S/C18H14ClN5O3S/c19-10-5-7-11(8-6-10)21-17(27)24-18-23-14(9-28-18)16(26)22-13-4-2-1-3-12(13)15(20)25/h1-9H,(H2,20,25)(H,22,26)(H2,21,23,24,27). The van der Waals surface area contributed by atoms with Gasteiger partial charge in [0.05, 0.1) is 11.3 Å². The molecule has 0 radical (unpaired) electrons. The molecule has 4 amide bonds. The summed E-state index contributed by atoms with van der Waals surface area (Å²) in [6.07, 6.45) is 0. The number of para-hydroxylation sites is 1. The van der Waals surface area contributed by atoms with Crippen molar-refractivity contribution in [1.82, 2.24) is 4.98 Å². The fraction of sp³-hybridized carbons (Fsp3) is 0. The third kappa shape index (κ3) is 4.84. The Kier molecular flexibility index (Phi) is 5.87. The summed E-state index contributed by atoms with van der Waals surface area (Å²) in [4.78, 5) is 39.9. The van der Waals surface area contributed by atoms with Crippen molar-refractivity contribution in [1.29, 1.82) is 0 Å². The molecule has 0 aliphatic heterocycles. The molecule has 3 aromatic rings. The lowest BCUT2D eigenvalue weighted by molar-refractivity contribution is 0.100. The van der Waals surface area contributed by atoms with Gasteiger partial charge in [-0.3, -0.25) is 14.9 Å². The molecule has 142 valence electrons. The predicted octanol–water partition coefficient (Wildman–Crippen LogP) is 3.79. The fourth-order valence-electron chi connectivity index (χ4n) is 2.22. The second-order valence-electron chi connectivity index (χ2n) is 5.49. The number of benzene rings is 2. The summed E-state index contributed by atoms with van der Waals surface area (Å²) in [5.41, 5.74) is 6.41. The van der Waals surface area contributed by atoms with Gasteiger partial charge < -0.3 is 16.4 Å². The minimum absolute atomic E-state index is 0.0890. The van der Waals surface area contributed by atoms with E-state index in [2.05, 4.69) is 20.9 Å². The molecule has 3 rings (SSSR count). The predicted molar refractivity (Wildman–Crippen MR) is 109 cm³/mol. The van der Waals surface area contributed by atoms with E-state index in [0.717, 1.165) is 11.3 Å². The van der Waals surface area contributed by atoms with Crippen molar-refractivity contribution in [2.45, 2.75) is 0 Å². The third-order valence-corrected chi connectivity index (χ3v) is 4.51. The number of hydrogen-bond acceptors (Lipinski definition) is 5. The number of nitrogens with one attached hydrogen (secondary N) is 3. The molecule has 0 aliphatic rings. The molecule has 0 fully saturated rings. The van der Waals surface area contributed by atoms with Gasteiger partial charge in [0.25, 0.3) is 11.8 Å². The maximum absolute atomic E-state index is 12.4. The molecule has 1 aromatic heterocycles. The van der Waals surface area contributed by atoms with E-state index in [1.807, 2.05) is 0 Å². The lowest BCUT2D eigenvalue weighted by Crippen LogP contribution is -2.20. The summed E-state index contributed by atoms with van der Waals surface area (Å²) in [5, 5.41) is 10.0. The van der Waals surface area contributed by atoms with E-state index < -0.39 is 17.8 Å². The van der Waals surface area contributed by atoms with Gasteiger partial charge in [0.2, 0.25) is 0 Å². The highest BCUT2D eigenvalue weighted by Crippen LogP contribution is 2.20. The average Bonchev–Trinajstić information content (AvgIpc) is 3.12. The van der Waals surface area contributed by atoms with Gasteiger partial charge >= 0.3 is 6.03 Å². The SMILES string of the molecule is NC(=O)c1ccccc1NC(=O)c1csc(NC(=O)Nc2ccc(Cl)cc2)n1. The van der Waals surface area contributed by atoms with Crippen LogP contribution in [0, 0.1) is 0 Å². The average molecular weight is 416 g/mol. The number of primary amides is 1. The Morgan fingerprint density at radius 3 is 2.39 bits per heavy atom. The van der Waals surface area contributed by atoms with Crippen LogP contribution in [-0.4, -0.2) is 22.8 Å². The number of carbonyl (C=O) groups is 3. The second kappa shape index (κ2) is 8.51. The van der Waals surface area contributed by atoms with Gasteiger partial charge in [-0.15, -0.1) is 11.3 Å². The van der Waals surface area contributed by atoms with Crippen molar-refractivity contribution in [2.75, 3.05) is 16.0 Å². The van der Waals surface area contributed by atoms with E-state index in [-0.39, 0.29) is 22.1 Å². The number of nitrogens with two attached hydrogens (primary N) is 1. The molecule has 0 unspecified atom stereocenters. The monoisotopic (exact) mass is 415 g/mol. The number of rotatable bonds is 5. The Bertz CT molecular complexity index is 1040. The number of aromatic nitrogens is 1. The van der Waals surface area contributed by atoms with Crippen LogP contribution in [0.1, 0.15) is 20.8 Å². The van der Waals surface area contributed by atoms with Gasteiger partial charge in [0.15, 0.2) is 5.13 Å². The van der Waals surface area contributed by atoms with Gasteiger partial charge in [-0.2, -0.15) is 0 Å². The first kappa shape index (κ1) is 19.3. The van der Waals surface area contributed by atoms with Crippen LogP contribution in [-0.2, 0) is 0 Å². The molecule has 0 atom stereocenters. The number of amides is 4. The van der Waals surface area contributed by atoms with Gasteiger partial charge in [-0.25, -0.2) is 9.78 Å². The molecule has 1 heterocycles. The highest BCUT2D eigenvalue weighted by atomic mass is 35.5. The van der Waals surface area contributed by atoms with Crippen LogP contribution >= 0.6 is 22.9 Å². The first-order chi connectivity index (χ1) is 13.4. The first-order valence-corrected chi connectivity index (χ1v) is 9.17. The van der Waals surface area contributed by atoms with E-state index in [1.165, 1.54) is 11.4 Å². The van der Waals surface area contributed by atoms with Gasteiger partial charge in [-0.05, 0) is 36.4 Å². The Balaban J connectivity index is 1.63. The first-order valence-electron chi connectivity index (χ1n) is 7.91. The topological polar surface area (TPSA) is 126 Å². The van der Waals surface area contributed by atoms with Crippen LogP contribution in [0.4, 0.5) is 21.3 Å². The van der Waals surface area contributed by atoms with E-state index in [1.54, 1.807) is 42.5 Å². The lowest BCUT2D eigenvalue weighted by Gasteiger charge is -2.07. The summed E-state index contributed by atoms with van der Waals surface area (Å²) in [6, 6.07) is 12.5. The van der Waals surface area contributed by atoms with Crippen molar-refractivity contribution in [3.8, 4) is 0 Å². The van der Waals surface area contributed by atoms with Crippen molar-refractivity contribution in [2.24, 2.45) is 5.73 Å². The molecule has 0 bridgehead atoms. The summed E-state index contributed by atoms with van der Waals surface area (Å²) in [7, 11) is 0. The van der Waals surface area contributed by atoms with Crippen LogP contribution in [0.15, 0.2) is 53.9 Å². The van der Waals surface area contributed by atoms with E-state index >= 15 is 0 Å². The zero-order chi connectivity index (χ0) is 20.1. The van der Waals surface area contributed by atoms with Crippen molar-refractivity contribution < 1.29 is 14.4 Å². The van der Waals surface area contributed by atoms with E-state index in [9.17, 15) is 14.4 Å². The van der Waals surface area contributed by atoms with Crippen LogP contribution in [0.3, 0.4) is 0 Å². The van der Waals surface area contributed by atoms with Crippen LogP contribution in [0.25, 0.3) is 0 Å². The summed E-state index contributed by atoms with van der Waals surface area (Å²) < 4.78 is 0. The molecule has 28 heavy (non-hydrogen) atoms. The smallest absolute Gasteiger partial charge is 0.325 e. The highest BCUT2D eigenvalue weighted by molar-refractivity contribution is 7.14. The third-order valence-electron chi connectivity index (χ3n) is 3.50. The normalized spacial score (nSPS) is 10.2. The summed E-state index contributed by atoms with van der Waals surface area (Å²) in [5.74, 6) is -1.19. The summed E-state index contributed by atoms with van der Waals surface area (Å²) in [6.45, 7) is 0. The molecule has 2 aromatic carbocycles. The molecule has 0 aliphatic carbocycles. The van der Waals surface area contributed by atoms with E-state index in [4.69, 9.17) is 17.3 Å². The van der Waals surface area contributed by atoms with E-state index in [0.29, 0.717) is 10.7 Å². The van der Waals surface area contributed by atoms with Gasteiger partial charge in [0, 0.05) is 16.1 Å². The maximum atomic E-state index is 12.4. The Labute approximate surface area is 168 Å². The fourth-order valence-corrected chi connectivity index (χ4v) is 3.03. The molecule has 10 heteroatoms. The zero-order valence-electron chi connectivity index (χ0n) is 14.2. The van der Waals surface area contributed by atoms with Gasteiger partial charge in [0.1, 0.15) is 5.69 Å². The van der Waals surface area contributed by atoms with Crippen molar-refractivity contribution >= 4 is 57.3 Å². The molecule has 8 nitrogen and oxygen atoms in total. The van der Waals surface area contributed by atoms with Crippen LogP contribution in [0.2, 0.25) is 5.02 Å². The number of nitrogens with zero attached hydrogens (tertiary/aromatic N) is 1. The van der Waals surface area contributed by atoms with Crippen molar-refractivity contribution in [3.63, 3.8) is 0 Å². The number of hydrogen-bond donors (Lipinski definition) is 4. The van der Waals surface area contributed by atoms with Crippen LogP contribution < -0.4 is 21.7 Å². The summed E-state index contributed by atoms with van der Waals surface area (Å²) >= 11 is 6.88. The molecular weight excluding hydrogens is 402 g/mol. The minimum atomic E-state index is -0.657. The number of halogens is 1. The number of carbonyl (C=O) groups excluding carboxylic acids is 3. The zero-order valence-corrected chi connectivity index (χ0v) is 15.8. The molecule has 0 spiro atoms. The van der Waals surface area contributed by atoms with Crippen molar-refractivity contribution in [3.05, 3.63) is 70.2 Å². The van der Waals surface area contributed by atoms with Gasteiger partial charge in [-0.1, -0.05) is 23.7 Å². The highest BCUT2D eigenvalue weighted by Gasteiger charge is 2.15. The number of thiazole rings is 1. The molecule has 0 saturated heterocycles. The molecule has 0 saturated carbocycles. The number of anilines is 3. The second-order valence-corrected chi connectivity index (χ2v) is 6.78. The maximum Gasteiger partial charge on any atom is 0.325 e. The number of urea groups is 1. The quantitative estimate of drug-likeness (QED) is 0.505.